The number of hydrogen-bond donors (Lipinski definition) is 2. The van der Waals surface area contributed by atoms with E-state index in [4.69, 9.17) is 11.6 Å². The van der Waals surface area contributed by atoms with Crippen LogP contribution in [0, 0.1) is 5.82 Å². The smallest absolute Gasteiger partial charge is 0.323 e. The molecule has 1 saturated heterocycles. The zero-order chi connectivity index (χ0) is 16.9. The summed E-state index contributed by atoms with van der Waals surface area (Å²) in [6, 6.07) is 11.1. The summed E-state index contributed by atoms with van der Waals surface area (Å²) in [4.78, 5) is 14.0. The summed E-state index contributed by atoms with van der Waals surface area (Å²) in [6.45, 7) is 1.75. The van der Waals surface area contributed by atoms with Crippen LogP contribution in [0.2, 0.25) is 5.02 Å². The molecule has 2 aromatic carbocycles. The number of piperidine rings is 1. The van der Waals surface area contributed by atoms with Gasteiger partial charge in [-0.25, -0.2) is 9.18 Å². The Hall–Kier alpha value is -2.27. The summed E-state index contributed by atoms with van der Waals surface area (Å²) < 4.78 is 14.3. The lowest BCUT2D eigenvalue weighted by Gasteiger charge is -2.29. The van der Waals surface area contributed by atoms with Crippen molar-refractivity contribution in [3.63, 3.8) is 0 Å². The van der Waals surface area contributed by atoms with Gasteiger partial charge in [-0.2, -0.15) is 0 Å². The standard InChI is InChI=1S/C18H19ClFN3O/c19-13-4-6-14(7-5-13)21-18(24)22-15-8-9-17(16(20)12-15)23-10-2-1-3-11-23/h4-9,12H,1-3,10-11H2,(H2,21,22,24). The monoisotopic (exact) mass is 347 g/mol. The highest BCUT2D eigenvalue weighted by molar-refractivity contribution is 6.30. The van der Waals surface area contributed by atoms with Gasteiger partial charge in [-0.3, -0.25) is 0 Å². The summed E-state index contributed by atoms with van der Waals surface area (Å²) in [6.07, 6.45) is 3.37. The fraction of sp³-hybridized carbons (Fsp3) is 0.278. The van der Waals surface area contributed by atoms with Gasteiger partial charge in [0, 0.05) is 29.5 Å². The van der Waals surface area contributed by atoms with Crippen molar-refractivity contribution in [3.05, 3.63) is 53.3 Å². The summed E-state index contributed by atoms with van der Waals surface area (Å²) in [7, 11) is 0. The topological polar surface area (TPSA) is 44.4 Å². The molecule has 24 heavy (non-hydrogen) atoms. The predicted octanol–water partition coefficient (Wildman–Crippen LogP) is 5.11. The Labute approximate surface area is 145 Å². The molecule has 0 bridgehead atoms. The molecule has 1 aliphatic rings. The first-order valence-electron chi connectivity index (χ1n) is 8.00. The van der Waals surface area contributed by atoms with E-state index in [0.29, 0.717) is 22.1 Å². The van der Waals surface area contributed by atoms with Crippen molar-refractivity contribution in [1.29, 1.82) is 0 Å². The van der Waals surface area contributed by atoms with Crippen LogP contribution in [0.3, 0.4) is 0 Å². The van der Waals surface area contributed by atoms with Gasteiger partial charge in [-0.15, -0.1) is 0 Å². The maximum Gasteiger partial charge on any atom is 0.323 e. The Morgan fingerprint density at radius 3 is 2.25 bits per heavy atom. The van der Waals surface area contributed by atoms with E-state index < -0.39 is 6.03 Å². The Morgan fingerprint density at radius 1 is 0.958 bits per heavy atom. The molecule has 4 nitrogen and oxygen atoms in total. The molecule has 0 radical (unpaired) electrons. The first-order chi connectivity index (χ1) is 11.6. The number of amides is 2. The van der Waals surface area contributed by atoms with E-state index in [1.54, 1.807) is 36.4 Å². The number of hydrogen-bond acceptors (Lipinski definition) is 2. The summed E-state index contributed by atoms with van der Waals surface area (Å²) in [5, 5.41) is 5.90. The summed E-state index contributed by atoms with van der Waals surface area (Å²) in [5.74, 6) is -0.318. The Kier molecular flexibility index (Phi) is 5.20. The highest BCUT2D eigenvalue weighted by Crippen LogP contribution is 2.25. The molecule has 2 aromatic rings. The number of urea groups is 1. The van der Waals surface area contributed by atoms with E-state index in [1.807, 2.05) is 0 Å². The van der Waals surface area contributed by atoms with Crippen LogP contribution in [0.4, 0.5) is 26.2 Å². The van der Waals surface area contributed by atoms with Crippen LogP contribution in [0.25, 0.3) is 0 Å². The van der Waals surface area contributed by atoms with Gasteiger partial charge >= 0.3 is 6.03 Å². The lowest BCUT2D eigenvalue weighted by Crippen LogP contribution is -2.30. The normalized spacial score (nSPS) is 14.3. The fourth-order valence-corrected chi connectivity index (χ4v) is 2.93. The van der Waals surface area contributed by atoms with Gasteiger partial charge in [0.05, 0.1) is 5.69 Å². The fourth-order valence-electron chi connectivity index (χ4n) is 2.80. The van der Waals surface area contributed by atoms with Crippen molar-refractivity contribution >= 4 is 34.7 Å². The second-order valence-corrected chi connectivity index (χ2v) is 6.24. The highest BCUT2D eigenvalue weighted by Gasteiger charge is 2.15. The van der Waals surface area contributed by atoms with Crippen LogP contribution in [-0.4, -0.2) is 19.1 Å². The molecule has 0 unspecified atom stereocenters. The zero-order valence-electron chi connectivity index (χ0n) is 13.2. The Morgan fingerprint density at radius 2 is 1.58 bits per heavy atom. The lowest BCUT2D eigenvalue weighted by atomic mass is 10.1. The third-order valence-corrected chi connectivity index (χ3v) is 4.26. The third-order valence-electron chi connectivity index (χ3n) is 4.00. The van der Waals surface area contributed by atoms with Crippen molar-refractivity contribution in [2.45, 2.75) is 19.3 Å². The number of carbonyl (C=O) groups excluding carboxylic acids is 1. The van der Waals surface area contributed by atoms with Crippen LogP contribution in [0.15, 0.2) is 42.5 Å². The van der Waals surface area contributed by atoms with E-state index in [-0.39, 0.29) is 5.82 Å². The SMILES string of the molecule is O=C(Nc1ccc(Cl)cc1)Nc1ccc(N2CCCCC2)c(F)c1. The van der Waals surface area contributed by atoms with Crippen LogP contribution < -0.4 is 15.5 Å². The quantitative estimate of drug-likeness (QED) is 0.810. The number of rotatable bonds is 3. The van der Waals surface area contributed by atoms with Crippen molar-refractivity contribution in [2.24, 2.45) is 0 Å². The lowest BCUT2D eigenvalue weighted by molar-refractivity contribution is 0.262. The van der Waals surface area contributed by atoms with Crippen LogP contribution in [0.1, 0.15) is 19.3 Å². The average Bonchev–Trinajstić information content (AvgIpc) is 2.58. The Bertz CT molecular complexity index is 715. The van der Waals surface area contributed by atoms with Gasteiger partial charge in [-0.05, 0) is 61.7 Å². The minimum atomic E-state index is -0.428. The number of anilines is 3. The summed E-state index contributed by atoms with van der Waals surface area (Å²) in [5.41, 5.74) is 1.63. The van der Waals surface area contributed by atoms with Gasteiger partial charge in [0.25, 0.3) is 0 Å². The first-order valence-corrected chi connectivity index (χ1v) is 8.38. The molecular formula is C18H19ClFN3O. The predicted molar refractivity (Wildman–Crippen MR) is 96.6 cm³/mol. The Balaban J connectivity index is 1.63. The molecule has 0 spiro atoms. The molecule has 126 valence electrons. The maximum absolute atomic E-state index is 14.3. The number of nitrogens with one attached hydrogen (secondary N) is 2. The molecule has 1 fully saturated rings. The van der Waals surface area contributed by atoms with Gasteiger partial charge in [-0.1, -0.05) is 11.6 Å². The number of nitrogens with zero attached hydrogens (tertiary/aromatic N) is 1. The van der Waals surface area contributed by atoms with Crippen LogP contribution in [0.5, 0.6) is 0 Å². The number of halogens is 2. The van der Waals surface area contributed by atoms with Crippen molar-refractivity contribution in [1.82, 2.24) is 0 Å². The van der Waals surface area contributed by atoms with Crippen LogP contribution >= 0.6 is 11.6 Å². The van der Waals surface area contributed by atoms with Gasteiger partial charge in [0.2, 0.25) is 0 Å². The molecule has 2 N–H and O–H groups in total. The molecule has 1 aliphatic heterocycles. The van der Waals surface area contributed by atoms with Crippen molar-refractivity contribution in [3.8, 4) is 0 Å². The molecule has 0 saturated carbocycles. The first kappa shape index (κ1) is 16.6. The minimum Gasteiger partial charge on any atom is -0.369 e. The number of benzene rings is 2. The van der Waals surface area contributed by atoms with Crippen molar-refractivity contribution < 1.29 is 9.18 Å². The average molecular weight is 348 g/mol. The maximum atomic E-state index is 14.3. The third kappa shape index (κ3) is 4.17. The van der Waals surface area contributed by atoms with E-state index in [2.05, 4.69) is 15.5 Å². The highest BCUT2D eigenvalue weighted by atomic mass is 35.5. The van der Waals surface area contributed by atoms with Crippen LogP contribution in [-0.2, 0) is 0 Å². The largest absolute Gasteiger partial charge is 0.369 e. The second-order valence-electron chi connectivity index (χ2n) is 5.80. The van der Waals surface area contributed by atoms with E-state index >= 15 is 0 Å². The molecule has 6 heteroatoms. The second kappa shape index (κ2) is 7.53. The summed E-state index contributed by atoms with van der Waals surface area (Å²) >= 11 is 5.80. The van der Waals surface area contributed by atoms with Gasteiger partial charge in [0.15, 0.2) is 0 Å². The van der Waals surface area contributed by atoms with Crippen molar-refractivity contribution in [2.75, 3.05) is 28.6 Å². The van der Waals surface area contributed by atoms with E-state index in [1.165, 1.54) is 12.5 Å². The molecule has 3 rings (SSSR count). The zero-order valence-corrected chi connectivity index (χ0v) is 13.9. The molecule has 0 aromatic heterocycles. The molecular weight excluding hydrogens is 329 g/mol. The van der Waals surface area contributed by atoms with Gasteiger partial charge in [0.1, 0.15) is 5.82 Å². The van der Waals surface area contributed by atoms with E-state index in [9.17, 15) is 9.18 Å². The number of carbonyl (C=O) groups is 1. The molecule has 0 aliphatic carbocycles. The van der Waals surface area contributed by atoms with E-state index in [0.717, 1.165) is 25.9 Å². The molecule has 1 heterocycles. The molecule has 0 atom stereocenters. The van der Waals surface area contributed by atoms with Gasteiger partial charge < -0.3 is 15.5 Å². The molecule has 2 amide bonds. The minimum absolute atomic E-state index is 0.318.